The van der Waals surface area contributed by atoms with Crippen LogP contribution in [0.25, 0.3) is 0 Å². The zero-order valence-electron chi connectivity index (χ0n) is 12.7. The Morgan fingerprint density at radius 3 is 2.57 bits per heavy atom. The molecule has 1 aromatic carbocycles. The van der Waals surface area contributed by atoms with E-state index in [1.165, 1.54) is 54.1 Å². The average molecular weight is 350 g/mol. The third-order valence-corrected chi connectivity index (χ3v) is 5.68. The van der Waals surface area contributed by atoms with Crippen LogP contribution < -0.4 is 5.73 Å². The van der Waals surface area contributed by atoms with Crippen LogP contribution in [0.5, 0.6) is 0 Å². The van der Waals surface area contributed by atoms with Gasteiger partial charge in [0.05, 0.1) is 12.6 Å². The number of hydrogen-bond donors (Lipinski definition) is 1. The van der Waals surface area contributed by atoms with E-state index in [9.17, 15) is 0 Å². The number of nitrogens with zero attached hydrogens (tertiary/aromatic N) is 2. The van der Waals surface area contributed by atoms with Crippen LogP contribution in [0.3, 0.4) is 0 Å². The van der Waals surface area contributed by atoms with E-state index in [1.54, 1.807) is 0 Å². The standard InChI is InChI=1S/C17H24BrN3/c1-12-8-9-13(10-15(12)18)16-11-20-17(19)21(16)14-6-4-2-3-5-7-14/h8-10,14,16H,2-7,11H2,1H3,(H2,19,20). The summed E-state index contributed by atoms with van der Waals surface area (Å²) in [4.78, 5) is 6.93. The second-order valence-corrected chi connectivity index (χ2v) is 7.13. The molecule has 1 aliphatic heterocycles. The molecule has 3 nitrogen and oxygen atoms in total. The first-order valence-corrected chi connectivity index (χ1v) is 8.80. The van der Waals surface area contributed by atoms with Crippen molar-refractivity contribution in [3.63, 3.8) is 0 Å². The maximum Gasteiger partial charge on any atom is 0.192 e. The van der Waals surface area contributed by atoms with Gasteiger partial charge in [0, 0.05) is 10.5 Å². The van der Waals surface area contributed by atoms with E-state index in [4.69, 9.17) is 5.73 Å². The molecule has 1 aliphatic carbocycles. The number of benzene rings is 1. The maximum absolute atomic E-state index is 6.22. The summed E-state index contributed by atoms with van der Waals surface area (Å²) in [6, 6.07) is 7.51. The minimum atomic E-state index is 0.310. The zero-order chi connectivity index (χ0) is 14.8. The molecule has 0 amide bonds. The number of hydrogen-bond acceptors (Lipinski definition) is 3. The molecule has 0 spiro atoms. The molecular weight excluding hydrogens is 326 g/mol. The number of nitrogens with two attached hydrogens (primary N) is 1. The first kappa shape index (κ1) is 14.9. The Labute approximate surface area is 135 Å². The maximum atomic E-state index is 6.22. The second kappa shape index (κ2) is 6.39. The van der Waals surface area contributed by atoms with Crippen molar-refractivity contribution in [1.82, 2.24) is 4.90 Å². The van der Waals surface area contributed by atoms with Crippen LogP contribution in [-0.2, 0) is 0 Å². The van der Waals surface area contributed by atoms with Gasteiger partial charge in [-0.2, -0.15) is 0 Å². The molecule has 3 rings (SSSR count). The van der Waals surface area contributed by atoms with E-state index >= 15 is 0 Å². The molecule has 1 heterocycles. The van der Waals surface area contributed by atoms with Crippen LogP contribution in [0.15, 0.2) is 27.7 Å². The van der Waals surface area contributed by atoms with Gasteiger partial charge in [0.2, 0.25) is 0 Å². The van der Waals surface area contributed by atoms with E-state index in [1.807, 2.05) is 0 Å². The summed E-state index contributed by atoms with van der Waals surface area (Å²) in [7, 11) is 0. The van der Waals surface area contributed by atoms with Crippen molar-refractivity contribution in [2.75, 3.05) is 6.54 Å². The van der Waals surface area contributed by atoms with Gasteiger partial charge < -0.3 is 10.6 Å². The van der Waals surface area contributed by atoms with E-state index in [-0.39, 0.29) is 0 Å². The minimum absolute atomic E-state index is 0.310. The van der Waals surface area contributed by atoms with E-state index in [0.717, 1.165) is 12.5 Å². The number of rotatable bonds is 2. The van der Waals surface area contributed by atoms with Crippen molar-refractivity contribution in [3.8, 4) is 0 Å². The van der Waals surface area contributed by atoms with Gasteiger partial charge in [-0.05, 0) is 37.0 Å². The Morgan fingerprint density at radius 1 is 1.19 bits per heavy atom. The fourth-order valence-corrected chi connectivity index (χ4v) is 3.97. The number of aryl methyl sites for hydroxylation is 1. The van der Waals surface area contributed by atoms with Gasteiger partial charge in [-0.15, -0.1) is 0 Å². The van der Waals surface area contributed by atoms with Crippen LogP contribution >= 0.6 is 15.9 Å². The largest absolute Gasteiger partial charge is 0.370 e. The lowest BCUT2D eigenvalue weighted by Crippen LogP contribution is -2.43. The molecule has 0 aromatic heterocycles. The lowest BCUT2D eigenvalue weighted by atomic mass is 10.00. The van der Waals surface area contributed by atoms with E-state index < -0.39 is 0 Å². The van der Waals surface area contributed by atoms with Crippen LogP contribution in [0, 0.1) is 6.92 Å². The summed E-state index contributed by atoms with van der Waals surface area (Å²) in [5, 5.41) is 0. The Hall–Kier alpha value is -1.03. The fraction of sp³-hybridized carbons (Fsp3) is 0.588. The van der Waals surface area contributed by atoms with Crippen molar-refractivity contribution in [2.24, 2.45) is 10.7 Å². The molecule has 2 N–H and O–H groups in total. The summed E-state index contributed by atoms with van der Waals surface area (Å²) in [6.07, 6.45) is 7.86. The highest BCUT2D eigenvalue weighted by molar-refractivity contribution is 9.10. The molecule has 0 bridgehead atoms. The number of aliphatic imine (C=N–C) groups is 1. The van der Waals surface area contributed by atoms with Crippen LogP contribution in [0.4, 0.5) is 0 Å². The third kappa shape index (κ3) is 3.10. The van der Waals surface area contributed by atoms with Gasteiger partial charge >= 0.3 is 0 Å². The molecule has 21 heavy (non-hydrogen) atoms. The van der Waals surface area contributed by atoms with Gasteiger partial charge in [0.15, 0.2) is 5.96 Å². The van der Waals surface area contributed by atoms with E-state index in [2.05, 4.69) is 50.9 Å². The van der Waals surface area contributed by atoms with Gasteiger partial charge in [0.25, 0.3) is 0 Å². The Morgan fingerprint density at radius 2 is 1.90 bits per heavy atom. The fourth-order valence-electron chi connectivity index (χ4n) is 3.57. The molecule has 1 fully saturated rings. The SMILES string of the molecule is Cc1ccc(C2CN=C(N)N2C2CCCCCC2)cc1Br. The van der Waals surface area contributed by atoms with Gasteiger partial charge in [-0.3, -0.25) is 4.99 Å². The monoisotopic (exact) mass is 349 g/mol. The molecule has 0 saturated heterocycles. The topological polar surface area (TPSA) is 41.6 Å². The van der Waals surface area contributed by atoms with Gasteiger partial charge in [-0.25, -0.2) is 0 Å². The third-order valence-electron chi connectivity index (χ3n) is 4.83. The summed E-state index contributed by atoms with van der Waals surface area (Å²) in [5.74, 6) is 0.739. The number of halogens is 1. The number of guanidine groups is 1. The first-order valence-electron chi connectivity index (χ1n) is 8.01. The molecular formula is C17H24BrN3. The van der Waals surface area contributed by atoms with Crippen molar-refractivity contribution in [3.05, 3.63) is 33.8 Å². The second-order valence-electron chi connectivity index (χ2n) is 6.28. The smallest absolute Gasteiger partial charge is 0.192 e. The Bertz CT molecular complexity index is 533. The molecule has 2 aliphatic rings. The van der Waals surface area contributed by atoms with Crippen LogP contribution in [0.1, 0.15) is 55.7 Å². The quantitative estimate of drug-likeness (QED) is 0.814. The minimum Gasteiger partial charge on any atom is -0.370 e. The highest BCUT2D eigenvalue weighted by Gasteiger charge is 2.33. The molecule has 1 saturated carbocycles. The summed E-state index contributed by atoms with van der Waals surface area (Å²) >= 11 is 3.65. The molecule has 114 valence electrons. The van der Waals surface area contributed by atoms with Crippen LogP contribution in [0.2, 0.25) is 0 Å². The van der Waals surface area contributed by atoms with Crippen molar-refractivity contribution in [1.29, 1.82) is 0 Å². The summed E-state index contributed by atoms with van der Waals surface area (Å²) < 4.78 is 1.17. The van der Waals surface area contributed by atoms with E-state index in [0.29, 0.717) is 12.1 Å². The molecule has 0 radical (unpaired) electrons. The Balaban J connectivity index is 1.85. The lowest BCUT2D eigenvalue weighted by molar-refractivity contribution is 0.237. The summed E-state index contributed by atoms with van der Waals surface area (Å²) in [6.45, 7) is 2.91. The summed E-state index contributed by atoms with van der Waals surface area (Å²) in [5.41, 5.74) is 8.81. The predicted octanol–water partition coefficient (Wildman–Crippen LogP) is 4.15. The van der Waals surface area contributed by atoms with Crippen LogP contribution in [-0.4, -0.2) is 23.4 Å². The first-order chi connectivity index (χ1) is 10.2. The van der Waals surface area contributed by atoms with Gasteiger partial charge in [-0.1, -0.05) is 53.7 Å². The average Bonchev–Trinajstić information content (AvgIpc) is 2.69. The highest BCUT2D eigenvalue weighted by atomic mass is 79.9. The van der Waals surface area contributed by atoms with Crippen molar-refractivity contribution in [2.45, 2.75) is 57.5 Å². The lowest BCUT2D eigenvalue weighted by Gasteiger charge is -2.34. The normalized spacial score (nSPS) is 24.0. The molecule has 1 unspecified atom stereocenters. The van der Waals surface area contributed by atoms with Crippen molar-refractivity contribution >= 4 is 21.9 Å². The van der Waals surface area contributed by atoms with Crippen molar-refractivity contribution < 1.29 is 0 Å². The van der Waals surface area contributed by atoms with Gasteiger partial charge in [0.1, 0.15) is 0 Å². The molecule has 1 aromatic rings. The predicted molar refractivity (Wildman–Crippen MR) is 91.4 cm³/mol. The molecule has 1 atom stereocenters. The Kier molecular flexibility index (Phi) is 4.53. The highest BCUT2D eigenvalue weighted by Crippen LogP contribution is 2.34. The zero-order valence-corrected chi connectivity index (χ0v) is 14.3. The molecule has 4 heteroatoms.